The molecule has 4 fully saturated rings. The van der Waals surface area contributed by atoms with Crippen LogP contribution in [0.15, 0.2) is 69.5 Å². The number of hydrogen-bond donors (Lipinski definition) is 8. The van der Waals surface area contributed by atoms with E-state index in [4.69, 9.17) is 62.1 Å². The van der Waals surface area contributed by atoms with Crippen LogP contribution in [0.1, 0.15) is 135 Å². The zero-order chi connectivity index (χ0) is 77.6. The quantitative estimate of drug-likeness (QED) is 0.0354. The number of para-hydroxylation sites is 2. The Labute approximate surface area is 668 Å². The predicted molar refractivity (Wildman–Crippen MR) is 403 cm³/mol. The number of phenolic OH excluding ortho intramolecular Hbond substituents is 2. The molecule has 112 heavy (non-hydrogen) atoms. The van der Waals surface area contributed by atoms with Crippen molar-refractivity contribution in [2.75, 3.05) is 79.8 Å². The summed E-state index contributed by atoms with van der Waals surface area (Å²) in [5.74, 6) is 4.13. The molecule has 593 valence electrons. The molecule has 6 aromatic carbocycles. The van der Waals surface area contributed by atoms with E-state index in [1.807, 2.05) is 83.3 Å². The molecule has 22 rings (SSSR count). The van der Waals surface area contributed by atoms with Gasteiger partial charge in [-0.3, -0.25) is 30.2 Å². The molecule has 4 saturated heterocycles. The van der Waals surface area contributed by atoms with Crippen LogP contribution in [0.2, 0.25) is 0 Å². The first-order valence-electron chi connectivity index (χ1n) is 37.4. The van der Waals surface area contributed by atoms with Gasteiger partial charge in [0.05, 0.1) is 63.7 Å². The van der Waals surface area contributed by atoms with Crippen LogP contribution in [-0.4, -0.2) is 196 Å². The number of carbonyl (C=O) groups excluding carboxylic acids is 2. The van der Waals surface area contributed by atoms with Gasteiger partial charge in [-0.2, -0.15) is 5.26 Å². The Morgan fingerprint density at radius 1 is 0.607 bits per heavy atom. The molecule has 8 aromatic rings. The minimum absolute atomic E-state index is 0. The zero-order valence-corrected chi connectivity index (χ0v) is 66.2. The third-order valence-electron chi connectivity index (χ3n) is 26.0. The molecule has 16 atom stereocenters. The number of esters is 2. The molecule has 2 spiro atoms. The number of aromatic hydroxyl groups is 2. The van der Waals surface area contributed by atoms with E-state index in [1.165, 1.54) is 0 Å². The second-order valence-electron chi connectivity index (χ2n) is 31.2. The third kappa shape index (κ3) is 10.8. The van der Waals surface area contributed by atoms with Crippen molar-refractivity contribution in [3.05, 3.63) is 171 Å². The standard InChI is InChI=1S/C41H42N4O8S.C40H43N3O9S.Ag.HNO3/c1-18-10-21-11-25-26(13-42)45-27-15-50-40(48)41(39-24(12-22(14-46)43-41)23-8-6-7-9-28(23)53-39)16-54-38(29-19(2)20(3)36-37(31(27)29)52-17-51-36)33(45)32(44(25)4)30(21)34(47)35(18)49-5;1-17-10-20-11-24-38(46)43-25-14-49-39(47)40(37-23(12-21(13-44)41-40)22-8-6-7-9-26(22)52-37)15-53-36(27-18(2)19(3)34-35(29(25)27)51-16-50-34)31(43)30(42(24)4)28(20)32(45)33(17)48-5;;2-1(3)4/h6-10,22,25-27,32-33,38,43,46-47H,11-12,14-17H2,1-5H3;6-10,21,24-25,30-31,36,38,41,44-46H,11-16H2,1-5H3;;(H,2,3,4)/t22-,25+,26+,27+,32-,33-,38-,41-;21-,24+,25+,30-,31-,36-,38+,40-;;/m11../s1. The van der Waals surface area contributed by atoms with E-state index in [-0.39, 0.29) is 126 Å². The van der Waals surface area contributed by atoms with E-state index >= 15 is 0 Å². The molecule has 31 heteroatoms. The number of phenols is 2. The number of ether oxygens (including phenoxy) is 8. The SMILES string of the molecule is COc1c(C)cc2c(c1O)[C@@H]1[C@@H]3[C@@H]4SC[C@]5(N[C@@H](CO)Cc6c5oc5ccccc65)C(=O)OC[C@@H](c5c6c(c(C)c(C)c54)OCO6)N3[C@@H](C#N)[C@H](C2)N1C.COc1c(C)cc2c(c1O)[C@@H]1[C@@H]3[C@@H]4SC[C@]5(N[C@@H](CO)Cc6c5oc5ccccc65)C(=O)OC[C@@H](c5c6c(c(C)c(C)c54)OCO6)N3[C@@H](O)[C@H](C2)N1C.O=[N+]([O-])O.[Ag]. The summed E-state index contributed by atoms with van der Waals surface area (Å²) in [5.41, 5.74) is 13.4. The molecule has 1 radical (unpaired) electrons. The summed E-state index contributed by atoms with van der Waals surface area (Å²) >= 11 is 3.21. The largest absolute Gasteiger partial charge is 0.504 e. The van der Waals surface area contributed by atoms with Gasteiger partial charge in [-0.25, -0.2) is 9.59 Å². The number of furan rings is 2. The van der Waals surface area contributed by atoms with Gasteiger partial charge >= 0.3 is 11.9 Å². The Hall–Kier alpha value is -8.49. The number of piperazine rings is 2. The van der Waals surface area contributed by atoms with E-state index in [0.29, 0.717) is 82.9 Å². The Morgan fingerprint density at radius 2 is 1.02 bits per heavy atom. The third-order valence-corrected chi connectivity index (χ3v) is 29.0. The maximum atomic E-state index is 14.9. The average Bonchev–Trinajstić information content (AvgIpc) is 0.936. The maximum Gasteiger partial charge on any atom is 0.335 e. The summed E-state index contributed by atoms with van der Waals surface area (Å²) in [4.78, 5) is 46.9. The number of nitrogens with one attached hydrogen (secondary N) is 2. The van der Waals surface area contributed by atoms with E-state index < -0.39 is 70.6 Å². The average molecular weight is 1660 g/mol. The van der Waals surface area contributed by atoms with Gasteiger partial charge in [-0.05, 0) is 149 Å². The number of benzene rings is 6. The van der Waals surface area contributed by atoms with E-state index in [1.54, 1.807) is 37.7 Å². The van der Waals surface area contributed by atoms with Gasteiger partial charge in [0.2, 0.25) is 13.6 Å². The van der Waals surface area contributed by atoms with Gasteiger partial charge in [0.25, 0.3) is 5.09 Å². The van der Waals surface area contributed by atoms with Crippen molar-refractivity contribution in [2.24, 2.45) is 0 Å². The summed E-state index contributed by atoms with van der Waals surface area (Å²) in [7, 11) is 7.23. The molecular formula is C81H86AgN8O20S2. The number of carbonyl (C=O) groups is 2. The van der Waals surface area contributed by atoms with Crippen LogP contribution in [0.5, 0.6) is 46.0 Å². The molecule has 0 aliphatic carbocycles. The second-order valence-corrected chi connectivity index (χ2v) is 33.5. The van der Waals surface area contributed by atoms with Crippen molar-refractivity contribution in [3.8, 4) is 52.1 Å². The van der Waals surface area contributed by atoms with Crippen LogP contribution >= 0.6 is 23.5 Å². The number of nitrogens with zero attached hydrogens (tertiary/aromatic N) is 6. The first-order valence-corrected chi connectivity index (χ1v) is 39.5. The number of methoxy groups -OCH3 is 2. The topological polar surface area (TPSA) is 360 Å². The van der Waals surface area contributed by atoms with Crippen molar-refractivity contribution < 1.29 is 115 Å². The number of aliphatic hydroxyl groups excluding tert-OH is 3. The summed E-state index contributed by atoms with van der Waals surface area (Å²) in [5, 5.41) is 90.8. The fourth-order valence-corrected chi connectivity index (χ4v) is 24.6. The summed E-state index contributed by atoms with van der Waals surface area (Å²) < 4.78 is 62.3. The first kappa shape index (κ1) is 76.2. The molecule has 0 amide bonds. The van der Waals surface area contributed by atoms with E-state index in [0.717, 1.165) is 99.8 Å². The monoisotopic (exact) mass is 1660 g/mol. The number of hydrogen-bond acceptors (Lipinski definition) is 28. The molecule has 8 bridgehead atoms. The molecular weight excluding hydrogens is 1580 g/mol. The Morgan fingerprint density at radius 3 is 1.46 bits per heavy atom. The van der Waals surface area contributed by atoms with Crippen molar-refractivity contribution >= 4 is 57.4 Å². The zero-order valence-electron chi connectivity index (χ0n) is 63.0. The Kier molecular flexibility index (Phi) is 19.2. The van der Waals surface area contributed by atoms with Gasteiger partial charge in [0.15, 0.2) is 57.1 Å². The maximum absolute atomic E-state index is 14.9. The molecule has 14 aliphatic rings. The van der Waals surface area contributed by atoms with E-state index in [2.05, 4.69) is 69.3 Å². The van der Waals surface area contributed by atoms with Crippen LogP contribution in [0.4, 0.5) is 0 Å². The van der Waals surface area contributed by atoms with Gasteiger partial charge in [0, 0.05) is 119 Å². The van der Waals surface area contributed by atoms with Crippen molar-refractivity contribution in [2.45, 2.75) is 161 Å². The predicted octanol–water partition coefficient (Wildman–Crippen LogP) is 8.60. The number of nitriles is 1. The van der Waals surface area contributed by atoms with Gasteiger partial charge < -0.3 is 77.5 Å². The number of rotatable bonds is 4. The van der Waals surface area contributed by atoms with E-state index in [9.17, 15) is 40.4 Å². The Balaban J connectivity index is 0.000000154. The molecule has 16 heterocycles. The smallest absolute Gasteiger partial charge is 0.335 e. The van der Waals surface area contributed by atoms with Gasteiger partial charge in [0.1, 0.15) is 48.2 Å². The number of likely N-dealkylation sites (N-methyl/N-ethyl adjacent to an activating group) is 2. The minimum Gasteiger partial charge on any atom is -0.504 e. The summed E-state index contributed by atoms with van der Waals surface area (Å²) in [6.07, 6.45) is 1.10. The van der Waals surface area contributed by atoms with Gasteiger partial charge in [-0.1, -0.05) is 48.5 Å². The minimum atomic E-state index is -1.50. The number of fused-ring (bicyclic) bond motifs is 22. The summed E-state index contributed by atoms with van der Waals surface area (Å²) in [6, 6.07) is 17.8. The van der Waals surface area contributed by atoms with Crippen molar-refractivity contribution in [1.82, 2.24) is 30.2 Å². The van der Waals surface area contributed by atoms with Crippen LogP contribution in [0, 0.1) is 63.0 Å². The fraction of sp³-hybridized carbons (Fsp3) is 0.469. The molecule has 14 aliphatic heterocycles. The fourth-order valence-electron chi connectivity index (χ4n) is 21.2. The summed E-state index contributed by atoms with van der Waals surface area (Å²) in [6.45, 7) is 11.8. The van der Waals surface area contributed by atoms with Crippen molar-refractivity contribution in [1.29, 1.82) is 5.26 Å². The number of aryl methyl sites for hydroxylation is 2. The number of thioether (sulfide) groups is 2. The molecule has 2 aromatic heterocycles. The molecule has 28 nitrogen and oxygen atoms in total. The van der Waals surface area contributed by atoms with Crippen LogP contribution < -0.4 is 39.1 Å². The van der Waals surface area contributed by atoms with Crippen LogP contribution in [-0.2, 0) is 78.2 Å². The van der Waals surface area contributed by atoms with Gasteiger partial charge in [-0.15, -0.1) is 33.6 Å². The second kappa shape index (κ2) is 28.2. The molecule has 0 unspecified atom stereocenters. The van der Waals surface area contributed by atoms with Crippen LogP contribution in [0.25, 0.3) is 21.9 Å². The van der Waals surface area contributed by atoms with Crippen LogP contribution in [0.3, 0.4) is 0 Å². The Bertz CT molecular complexity index is 5300. The molecule has 8 N–H and O–H groups in total. The van der Waals surface area contributed by atoms with Crippen molar-refractivity contribution in [3.63, 3.8) is 0 Å². The normalized spacial score (nSPS) is 30.1. The molecule has 0 saturated carbocycles. The first-order chi connectivity index (χ1) is 53.4. The number of aliphatic hydroxyl groups is 3.